The first-order chi connectivity index (χ1) is 4.93. The highest BCUT2D eigenvalue weighted by molar-refractivity contribution is 5.03. The predicted molar refractivity (Wildman–Crippen MR) is 39.9 cm³/mol. The van der Waals surface area contributed by atoms with Crippen molar-refractivity contribution >= 4 is 0 Å². The molecule has 0 fully saturated rings. The minimum Gasteiger partial charge on any atom is -0.481 e. The molecule has 3 heteroatoms. The minimum atomic E-state index is 0.597. The SMILES string of the molecule is CC.COc1ccncn1. The molecule has 0 aliphatic rings. The van der Waals surface area contributed by atoms with Crippen molar-refractivity contribution in [3.05, 3.63) is 18.6 Å². The van der Waals surface area contributed by atoms with Gasteiger partial charge in [0.2, 0.25) is 5.88 Å². The third-order valence-electron chi connectivity index (χ3n) is 0.764. The molecule has 0 radical (unpaired) electrons. The Morgan fingerprint density at radius 1 is 1.40 bits per heavy atom. The number of aromatic nitrogens is 2. The Labute approximate surface area is 61.1 Å². The van der Waals surface area contributed by atoms with E-state index in [-0.39, 0.29) is 0 Å². The summed E-state index contributed by atoms with van der Waals surface area (Å²) < 4.78 is 4.76. The number of hydrogen-bond donors (Lipinski definition) is 0. The molecule has 0 saturated heterocycles. The van der Waals surface area contributed by atoms with Gasteiger partial charge in [-0.2, -0.15) is 0 Å². The van der Waals surface area contributed by atoms with Crippen LogP contribution in [0.15, 0.2) is 18.6 Å². The van der Waals surface area contributed by atoms with E-state index in [0.29, 0.717) is 5.88 Å². The summed E-state index contributed by atoms with van der Waals surface area (Å²) in [4.78, 5) is 7.47. The second kappa shape index (κ2) is 6.01. The van der Waals surface area contributed by atoms with Crippen LogP contribution < -0.4 is 4.74 Å². The van der Waals surface area contributed by atoms with Crippen LogP contribution in [0.2, 0.25) is 0 Å². The third-order valence-corrected chi connectivity index (χ3v) is 0.764. The lowest BCUT2D eigenvalue weighted by Crippen LogP contribution is -1.85. The number of ether oxygens (including phenoxy) is 1. The highest BCUT2D eigenvalue weighted by Gasteiger charge is 1.82. The van der Waals surface area contributed by atoms with Gasteiger partial charge in [0.05, 0.1) is 7.11 Å². The fourth-order valence-corrected chi connectivity index (χ4v) is 0.399. The van der Waals surface area contributed by atoms with Gasteiger partial charge in [0.25, 0.3) is 0 Å². The van der Waals surface area contributed by atoms with Gasteiger partial charge in [-0.3, -0.25) is 0 Å². The molecule has 1 aromatic heterocycles. The molecule has 0 aliphatic carbocycles. The Kier molecular flexibility index (Phi) is 5.33. The monoisotopic (exact) mass is 140 g/mol. The maximum atomic E-state index is 4.76. The summed E-state index contributed by atoms with van der Waals surface area (Å²) in [5, 5.41) is 0. The lowest BCUT2D eigenvalue weighted by atomic mass is 10.6. The first-order valence-corrected chi connectivity index (χ1v) is 3.23. The lowest BCUT2D eigenvalue weighted by Gasteiger charge is -1.91. The van der Waals surface area contributed by atoms with Crippen LogP contribution in [0.4, 0.5) is 0 Å². The van der Waals surface area contributed by atoms with E-state index in [0.717, 1.165) is 0 Å². The zero-order valence-corrected chi connectivity index (χ0v) is 6.53. The molecular weight excluding hydrogens is 128 g/mol. The molecular formula is C7H12N2O. The molecule has 0 spiro atoms. The zero-order chi connectivity index (χ0) is 7.82. The molecule has 0 saturated carbocycles. The largest absolute Gasteiger partial charge is 0.481 e. The lowest BCUT2D eigenvalue weighted by molar-refractivity contribution is 0.397. The van der Waals surface area contributed by atoms with Crippen molar-refractivity contribution in [3.8, 4) is 5.88 Å². The van der Waals surface area contributed by atoms with Gasteiger partial charge in [0, 0.05) is 12.3 Å². The van der Waals surface area contributed by atoms with Gasteiger partial charge in [-0.25, -0.2) is 9.97 Å². The molecule has 0 N–H and O–H groups in total. The molecule has 0 bridgehead atoms. The van der Waals surface area contributed by atoms with E-state index in [9.17, 15) is 0 Å². The van der Waals surface area contributed by atoms with Gasteiger partial charge in [0.15, 0.2) is 0 Å². The van der Waals surface area contributed by atoms with Crippen LogP contribution in [0.25, 0.3) is 0 Å². The Bertz CT molecular complexity index is 153. The van der Waals surface area contributed by atoms with Gasteiger partial charge in [0.1, 0.15) is 6.33 Å². The summed E-state index contributed by atoms with van der Waals surface area (Å²) in [6.07, 6.45) is 3.07. The van der Waals surface area contributed by atoms with Crippen LogP contribution in [0.3, 0.4) is 0 Å². The predicted octanol–water partition coefficient (Wildman–Crippen LogP) is 1.51. The van der Waals surface area contributed by atoms with E-state index in [4.69, 9.17) is 4.74 Å². The Hall–Kier alpha value is -1.12. The summed E-state index contributed by atoms with van der Waals surface area (Å²) in [7, 11) is 1.57. The number of rotatable bonds is 1. The molecule has 0 aromatic carbocycles. The van der Waals surface area contributed by atoms with Crippen LogP contribution in [-0.4, -0.2) is 17.1 Å². The van der Waals surface area contributed by atoms with Crippen LogP contribution in [0.5, 0.6) is 5.88 Å². The van der Waals surface area contributed by atoms with Crippen molar-refractivity contribution in [2.45, 2.75) is 13.8 Å². The van der Waals surface area contributed by atoms with E-state index in [1.54, 1.807) is 19.4 Å². The Balaban J connectivity index is 0.000000371. The van der Waals surface area contributed by atoms with Gasteiger partial charge >= 0.3 is 0 Å². The van der Waals surface area contributed by atoms with E-state index in [1.807, 2.05) is 13.8 Å². The van der Waals surface area contributed by atoms with Crippen molar-refractivity contribution in [3.63, 3.8) is 0 Å². The highest BCUT2D eigenvalue weighted by atomic mass is 16.5. The highest BCUT2D eigenvalue weighted by Crippen LogP contribution is 1.97. The van der Waals surface area contributed by atoms with E-state index >= 15 is 0 Å². The molecule has 1 rings (SSSR count). The molecule has 0 unspecified atom stereocenters. The third kappa shape index (κ3) is 3.02. The summed E-state index contributed by atoms with van der Waals surface area (Å²) in [6.45, 7) is 4.00. The van der Waals surface area contributed by atoms with Crippen LogP contribution in [0, 0.1) is 0 Å². The van der Waals surface area contributed by atoms with Crippen molar-refractivity contribution in [2.24, 2.45) is 0 Å². The first kappa shape index (κ1) is 8.88. The summed E-state index contributed by atoms with van der Waals surface area (Å²) >= 11 is 0. The molecule has 0 atom stereocenters. The second-order valence-corrected chi connectivity index (χ2v) is 1.25. The fourth-order valence-electron chi connectivity index (χ4n) is 0.399. The van der Waals surface area contributed by atoms with Crippen LogP contribution >= 0.6 is 0 Å². The summed E-state index contributed by atoms with van der Waals surface area (Å²) in [5.74, 6) is 0.597. The molecule has 0 aliphatic heterocycles. The summed E-state index contributed by atoms with van der Waals surface area (Å²) in [5.41, 5.74) is 0. The van der Waals surface area contributed by atoms with Crippen molar-refractivity contribution < 1.29 is 4.74 Å². The van der Waals surface area contributed by atoms with Gasteiger partial charge in [-0.1, -0.05) is 13.8 Å². The number of hydrogen-bond acceptors (Lipinski definition) is 3. The topological polar surface area (TPSA) is 35.0 Å². The van der Waals surface area contributed by atoms with E-state index < -0.39 is 0 Å². The van der Waals surface area contributed by atoms with Crippen molar-refractivity contribution in [1.29, 1.82) is 0 Å². The molecule has 1 heterocycles. The van der Waals surface area contributed by atoms with Gasteiger partial charge < -0.3 is 4.74 Å². The van der Waals surface area contributed by atoms with Crippen molar-refractivity contribution in [1.82, 2.24) is 9.97 Å². The zero-order valence-electron chi connectivity index (χ0n) is 6.53. The van der Waals surface area contributed by atoms with E-state index in [2.05, 4.69) is 9.97 Å². The van der Waals surface area contributed by atoms with Crippen molar-refractivity contribution in [2.75, 3.05) is 7.11 Å². The Morgan fingerprint density at radius 3 is 2.40 bits per heavy atom. The Morgan fingerprint density at radius 2 is 2.10 bits per heavy atom. The number of methoxy groups -OCH3 is 1. The average molecular weight is 140 g/mol. The first-order valence-electron chi connectivity index (χ1n) is 3.23. The second-order valence-electron chi connectivity index (χ2n) is 1.25. The van der Waals surface area contributed by atoms with Crippen LogP contribution in [-0.2, 0) is 0 Å². The van der Waals surface area contributed by atoms with Crippen LogP contribution in [0.1, 0.15) is 13.8 Å². The standard InChI is InChI=1S/C5H6N2O.C2H6/c1-8-5-2-3-6-4-7-5;1-2/h2-4H,1H3;1-2H3. The minimum absolute atomic E-state index is 0.597. The maximum Gasteiger partial charge on any atom is 0.215 e. The van der Waals surface area contributed by atoms with Gasteiger partial charge in [-0.15, -0.1) is 0 Å². The fraction of sp³-hybridized carbons (Fsp3) is 0.429. The number of nitrogens with zero attached hydrogens (tertiary/aromatic N) is 2. The quantitative estimate of drug-likeness (QED) is 0.593. The smallest absolute Gasteiger partial charge is 0.215 e. The maximum absolute atomic E-state index is 4.76. The molecule has 1 aromatic rings. The normalized spacial score (nSPS) is 7.50. The molecule has 56 valence electrons. The van der Waals surface area contributed by atoms with E-state index in [1.165, 1.54) is 6.33 Å². The molecule has 3 nitrogen and oxygen atoms in total. The molecule has 10 heavy (non-hydrogen) atoms. The molecule has 0 amide bonds. The van der Waals surface area contributed by atoms with Gasteiger partial charge in [-0.05, 0) is 0 Å². The average Bonchev–Trinajstić information content (AvgIpc) is 2.10. The summed E-state index contributed by atoms with van der Waals surface area (Å²) in [6, 6.07) is 1.69.